The molecule has 2 aliphatic rings. The Morgan fingerprint density at radius 1 is 1.17 bits per heavy atom. The molecule has 0 bridgehead atoms. The smallest absolute Gasteiger partial charge is 0.237 e. The SMILES string of the molecule is CC(C)N(C(=O)CN1CC2CNCC2C1)C(C)C. The molecule has 0 aromatic carbocycles. The third-order valence-corrected chi connectivity index (χ3v) is 4.22. The summed E-state index contributed by atoms with van der Waals surface area (Å²) < 4.78 is 0. The lowest BCUT2D eigenvalue weighted by atomic mass is 10.0. The van der Waals surface area contributed by atoms with E-state index in [1.54, 1.807) is 0 Å². The van der Waals surface area contributed by atoms with Crippen molar-refractivity contribution in [2.75, 3.05) is 32.7 Å². The molecule has 2 atom stereocenters. The van der Waals surface area contributed by atoms with Crippen molar-refractivity contribution in [1.82, 2.24) is 15.1 Å². The van der Waals surface area contributed by atoms with Crippen molar-refractivity contribution in [2.24, 2.45) is 11.8 Å². The molecule has 2 heterocycles. The highest BCUT2D eigenvalue weighted by Crippen LogP contribution is 2.26. The Kier molecular flexibility index (Phi) is 4.28. The lowest BCUT2D eigenvalue weighted by molar-refractivity contribution is -0.135. The number of hydrogen-bond acceptors (Lipinski definition) is 3. The lowest BCUT2D eigenvalue weighted by Gasteiger charge is -2.32. The molecule has 2 unspecified atom stereocenters. The molecule has 0 aliphatic carbocycles. The van der Waals surface area contributed by atoms with Crippen molar-refractivity contribution in [1.29, 1.82) is 0 Å². The number of carbonyl (C=O) groups is 1. The molecule has 4 heteroatoms. The number of carbonyl (C=O) groups excluding carboxylic acids is 1. The molecule has 0 aromatic heterocycles. The lowest BCUT2D eigenvalue weighted by Crippen LogP contribution is -2.47. The number of nitrogens with one attached hydrogen (secondary N) is 1. The molecule has 0 radical (unpaired) electrons. The van der Waals surface area contributed by atoms with Crippen LogP contribution in [-0.2, 0) is 4.79 Å². The highest BCUT2D eigenvalue weighted by molar-refractivity contribution is 5.78. The van der Waals surface area contributed by atoms with Crippen molar-refractivity contribution < 1.29 is 4.79 Å². The van der Waals surface area contributed by atoms with Gasteiger partial charge in [-0.1, -0.05) is 0 Å². The Hall–Kier alpha value is -0.610. The Bertz CT molecular complexity index is 283. The van der Waals surface area contributed by atoms with Crippen molar-refractivity contribution in [3.05, 3.63) is 0 Å². The summed E-state index contributed by atoms with van der Waals surface area (Å²) in [7, 11) is 0. The first-order valence-electron chi connectivity index (χ1n) is 7.23. The first-order valence-corrected chi connectivity index (χ1v) is 7.23. The minimum Gasteiger partial charge on any atom is -0.337 e. The molecule has 0 saturated carbocycles. The third-order valence-electron chi connectivity index (χ3n) is 4.22. The molecule has 1 amide bonds. The monoisotopic (exact) mass is 253 g/mol. The Balaban J connectivity index is 1.87. The van der Waals surface area contributed by atoms with Crippen LogP contribution in [0.4, 0.5) is 0 Å². The van der Waals surface area contributed by atoms with Crippen molar-refractivity contribution in [2.45, 2.75) is 39.8 Å². The van der Waals surface area contributed by atoms with Crippen molar-refractivity contribution in [3.8, 4) is 0 Å². The van der Waals surface area contributed by atoms with E-state index in [4.69, 9.17) is 0 Å². The van der Waals surface area contributed by atoms with Crippen LogP contribution in [0.3, 0.4) is 0 Å². The number of hydrogen-bond donors (Lipinski definition) is 1. The predicted octanol–water partition coefficient (Wildman–Crippen LogP) is 0.783. The van der Waals surface area contributed by atoms with Crippen LogP contribution < -0.4 is 5.32 Å². The van der Waals surface area contributed by atoms with Gasteiger partial charge in [0.2, 0.25) is 5.91 Å². The molecule has 2 rings (SSSR count). The second-order valence-corrected chi connectivity index (χ2v) is 6.36. The van der Waals surface area contributed by atoms with Crippen LogP contribution in [-0.4, -0.2) is 60.5 Å². The number of rotatable bonds is 4. The first kappa shape index (κ1) is 13.8. The number of fused-ring (bicyclic) bond motifs is 1. The quantitative estimate of drug-likeness (QED) is 0.804. The van der Waals surface area contributed by atoms with Crippen LogP contribution in [0.1, 0.15) is 27.7 Å². The van der Waals surface area contributed by atoms with E-state index in [-0.39, 0.29) is 5.91 Å². The maximum atomic E-state index is 12.4. The molecule has 4 nitrogen and oxygen atoms in total. The van der Waals surface area contributed by atoms with Gasteiger partial charge in [-0.3, -0.25) is 9.69 Å². The molecule has 1 N–H and O–H groups in total. The van der Waals surface area contributed by atoms with Crippen LogP contribution in [0.5, 0.6) is 0 Å². The van der Waals surface area contributed by atoms with Crippen molar-refractivity contribution in [3.63, 3.8) is 0 Å². The molecule has 18 heavy (non-hydrogen) atoms. The minimum atomic E-state index is 0.285. The standard InChI is InChI=1S/C14H27N3O/c1-10(2)17(11(3)4)14(18)9-16-7-12-5-15-6-13(12)8-16/h10-13,15H,5-9H2,1-4H3. The largest absolute Gasteiger partial charge is 0.337 e. The molecular formula is C14H27N3O. The van der Waals surface area contributed by atoms with Gasteiger partial charge in [0.25, 0.3) is 0 Å². The van der Waals surface area contributed by atoms with Gasteiger partial charge in [-0.25, -0.2) is 0 Å². The van der Waals surface area contributed by atoms with E-state index in [9.17, 15) is 4.79 Å². The van der Waals surface area contributed by atoms with E-state index in [1.807, 2.05) is 4.90 Å². The fourth-order valence-corrected chi connectivity index (χ4v) is 3.53. The van der Waals surface area contributed by atoms with Gasteiger partial charge in [0.15, 0.2) is 0 Å². The fraction of sp³-hybridized carbons (Fsp3) is 0.929. The molecule has 2 saturated heterocycles. The molecular weight excluding hydrogens is 226 g/mol. The van der Waals surface area contributed by atoms with Gasteiger partial charge in [0.1, 0.15) is 0 Å². The Labute approximate surface area is 111 Å². The van der Waals surface area contributed by atoms with E-state index >= 15 is 0 Å². The fourth-order valence-electron chi connectivity index (χ4n) is 3.53. The predicted molar refractivity (Wildman–Crippen MR) is 73.4 cm³/mol. The van der Waals surface area contributed by atoms with E-state index in [0.29, 0.717) is 18.6 Å². The van der Waals surface area contributed by atoms with Gasteiger partial charge < -0.3 is 10.2 Å². The van der Waals surface area contributed by atoms with Crippen molar-refractivity contribution >= 4 is 5.91 Å². The zero-order chi connectivity index (χ0) is 13.3. The molecule has 2 fully saturated rings. The number of amides is 1. The van der Waals surface area contributed by atoms with Gasteiger partial charge in [0, 0.05) is 25.2 Å². The van der Waals surface area contributed by atoms with E-state index in [1.165, 1.54) is 0 Å². The van der Waals surface area contributed by atoms with E-state index in [2.05, 4.69) is 37.9 Å². The summed E-state index contributed by atoms with van der Waals surface area (Å²) in [5.41, 5.74) is 0. The summed E-state index contributed by atoms with van der Waals surface area (Å²) in [4.78, 5) is 16.7. The normalized spacial score (nSPS) is 28.1. The molecule has 104 valence electrons. The van der Waals surface area contributed by atoms with E-state index < -0.39 is 0 Å². The topological polar surface area (TPSA) is 35.6 Å². The Morgan fingerprint density at radius 3 is 2.11 bits per heavy atom. The summed E-state index contributed by atoms with van der Waals surface area (Å²) in [6.45, 7) is 13.4. The summed E-state index contributed by atoms with van der Waals surface area (Å²) in [6.07, 6.45) is 0. The van der Waals surface area contributed by atoms with Crippen LogP contribution in [0.2, 0.25) is 0 Å². The van der Waals surface area contributed by atoms with E-state index in [0.717, 1.165) is 38.0 Å². The van der Waals surface area contributed by atoms with Gasteiger partial charge in [-0.15, -0.1) is 0 Å². The summed E-state index contributed by atoms with van der Waals surface area (Å²) in [6, 6.07) is 0.586. The van der Waals surface area contributed by atoms with Gasteiger partial charge in [-0.05, 0) is 52.6 Å². The molecule has 2 aliphatic heterocycles. The second kappa shape index (κ2) is 5.57. The minimum absolute atomic E-state index is 0.285. The Morgan fingerprint density at radius 2 is 1.67 bits per heavy atom. The summed E-state index contributed by atoms with van der Waals surface area (Å²) in [5, 5.41) is 3.44. The highest BCUT2D eigenvalue weighted by Gasteiger charge is 2.37. The first-order chi connectivity index (χ1) is 8.49. The highest BCUT2D eigenvalue weighted by atomic mass is 16.2. The van der Waals surface area contributed by atoms with Gasteiger partial charge >= 0.3 is 0 Å². The van der Waals surface area contributed by atoms with Gasteiger partial charge in [0.05, 0.1) is 6.54 Å². The van der Waals surface area contributed by atoms with Crippen LogP contribution in [0.25, 0.3) is 0 Å². The number of nitrogens with zero attached hydrogens (tertiary/aromatic N) is 2. The number of likely N-dealkylation sites (tertiary alicyclic amines) is 1. The maximum Gasteiger partial charge on any atom is 0.237 e. The molecule has 0 spiro atoms. The third kappa shape index (κ3) is 2.86. The van der Waals surface area contributed by atoms with Crippen LogP contribution >= 0.6 is 0 Å². The maximum absolute atomic E-state index is 12.4. The zero-order valence-electron chi connectivity index (χ0n) is 12.1. The summed E-state index contributed by atoms with van der Waals surface area (Å²) >= 11 is 0. The average Bonchev–Trinajstić information content (AvgIpc) is 2.75. The van der Waals surface area contributed by atoms with Gasteiger partial charge in [-0.2, -0.15) is 0 Å². The van der Waals surface area contributed by atoms with Crippen LogP contribution in [0, 0.1) is 11.8 Å². The summed E-state index contributed by atoms with van der Waals surface area (Å²) in [5.74, 6) is 1.82. The zero-order valence-corrected chi connectivity index (χ0v) is 12.1. The average molecular weight is 253 g/mol. The second-order valence-electron chi connectivity index (χ2n) is 6.36. The molecule has 0 aromatic rings. The van der Waals surface area contributed by atoms with Crippen LogP contribution in [0.15, 0.2) is 0 Å².